The highest BCUT2D eigenvalue weighted by Gasteiger charge is 2.24. The lowest BCUT2D eigenvalue weighted by Gasteiger charge is -2.18. The van der Waals surface area contributed by atoms with Crippen LogP contribution >= 0.6 is 0 Å². The number of benzene rings is 2. The highest BCUT2D eigenvalue weighted by Crippen LogP contribution is 2.29. The fourth-order valence-corrected chi connectivity index (χ4v) is 3.23. The van der Waals surface area contributed by atoms with Crippen molar-refractivity contribution >= 4 is 23.5 Å². The summed E-state index contributed by atoms with van der Waals surface area (Å²) >= 11 is 0. The Morgan fingerprint density at radius 2 is 1.89 bits per heavy atom. The van der Waals surface area contributed by atoms with Crippen molar-refractivity contribution in [3.8, 4) is 0 Å². The van der Waals surface area contributed by atoms with Crippen molar-refractivity contribution in [3.05, 3.63) is 65.0 Å². The van der Waals surface area contributed by atoms with Gasteiger partial charge in [0.1, 0.15) is 5.82 Å². The molecule has 0 fully saturated rings. The fourth-order valence-electron chi connectivity index (χ4n) is 3.23. The molecule has 0 radical (unpaired) electrons. The molecule has 2 aromatic rings. The lowest BCUT2D eigenvalue weighted by Crippen LogP contribution is -2.30. The zero-order valence-corrected chi connectivity index (χ0v) is 14.7. The maximum absolute atomic E-state index is 13.1. The molecule has 140 valence electrons. The normalized spacial score (nSPS) is 13.8. The van der Waals surface area contributed by atoms with Crippen LogP contribution in [0.3, 0.4) is 0 Å². The van der Waals surface area contributed by atoms with Gasteiger partial charge < -0.3 is 15.3 Å². The topological polar surface area (TPSA) is 86.7 Å². The number of hydrogen-bond acceptors (Lipinski definition) is 3. The third-order valence-electron chi connectivity index (χ3n) is 4.57. The minimum atomic E-state index is -1.07. The van der Waals surface area contributed by atoms with Crippen molar-refractivity contribution in [2.24, 2.45) is 0 Å². The number of fused-ring (bicyclic) bond motifs is 1. The summed E-state index contributed by atoms with van der Waals surface area (Å²) in [5.41, 5.74) is 2.59. The van der Waals surface area contributed by atoms with Crippen molar-refractivity contribution in [2.45, 2.75) is 25.8 Å². The van der Waals surface area contributed by atoms with Gasteiger partial charge >= 0.3 is 5.97 Å². The first-order chi connectivity index (χ1) is 12.8. The van der Waals surface area contributed by atoms with E-state index in [0.29, 0.717) is 24.1 Å². The number of anilines is 1. The van der Waals surface area contributed by atoms with Gasteiger partial charge in [0.15, 0.2) is 0 Å². The molecule has 0 bridgehead atoms. The molecule has 0 aromatic heterocycles. The van der Waals surface area contributed by atoms with E-state index in [2.05, 4.69) is 5.32 Å². The lowest BCUT2D eigenvalue weighted by molar-refractivity contribution is -0.137. The summed E-state index contributed by atoms with van der Waals surface area (Å²) in [5, 5.41) is 11.8. The summed E-state index contributed by atoms with van der Waals surface area (Å²) in [4.78, 5) is 37.1. The monoisotopic (exact) mass is 370 g/mol. The van der Waals surface area contributed by atoms with Gasteiger partial charge in [-0.1, -0.05) is 12.1 Å². The van der Waals surface area contributed by atoms with E-state index in [1.54, 1.807) is 23.1 Å². The maximum atomic E-state index is 13.1. The minimum Gasteiger partial charge on any atom is -0.481 e. The van der Waals surface area contributed by atoms with Crippen molar-refractivity contribution in [1.82, 2.24) is 5.32 Å². The number of carboxylic acid groups (broad SMARTS) is 1. The predicted octanol–water partition coefficient (Wildman–Crippen LogP) is 2.68. The van der Waals surface area contributed by atoms with Crippen molar-refractivity contribution in [3.63, 3.8) is 0 Å². The van der Waals surface area contributed by atoms with Crippen molar-refractivity contribution < 1.29 is 23.9 Å². The molecule has 0 spiro atoms. The lowest BCUT2D eigenvalue weighted by atomic mass is 10.0. The number of halogens is 1. The van der Waals surface area contributed by atoms with E-state index in [0.717, 1.165) is 11.3 Å². The Bertz CT molecular complexity index is 895. The number of carbonyl (C=O) groups is 3. The summed E-state index contributed by atoms with van der Waals surface area (Å²) < 4.78 is 13.1. The smallest absolute Gasteiger partial charge is 0.305 e. The summed E-state index contributed by atoms with van der Waals surface area (Å²) in [6, 6.07) is 9.63. The summed E-state index contributed by atoms with van der Waals surface area (Å²) in [6.45, 7) is 2.07. The van der Waals surface area contributed by atoms with E-state index in [1.807, 2.05) is 0 Å². The number of nitrogens with one attached hydrogen (secondary N) is 1. The van der Waals surface area contributed by atoms with Crippen LogP contribution in [0.5, 0.6) is 0 Å². The highest BCUT2D eigenvalue weighted by molar-refractivity contribution is 5.98. The number of rotatable bonds is 5. The summed E-state index contributed by atoms with van der Waals surface area (Å²) in [5.74, 6) is -1.98. The molecule has 0 aliphatic carbocycles. The molecule has 2 N–H and O–H groups in total. The molecule has 0 saturated heterocycles. The number of amides is 2. The molecule has 1 heterocycles. The van der Waals surface area contributed by atoms with E-state index in [-0.39, 0.29) is 12.3 Å². The van der Waals surface area contributed by atoms with E-state index in [9.17, 15) is 18.8 Å². The largest absolute Gasteiger partial charge is 0.481 e. The SMILES string of the molecule is CC(=O)N1CCc2cc(C(=O)NC(CC(=O)O)c3ccc(F)cc3)ccc21. The Kier molecular flexibility index (Phi) is 5.21. The third kappa shape index (κ3) is 4.13. The second-order valence-corrected chi connectivity index (χ2v) is 6.44. The Morgan fingerprint density at radius 3 is 2.52 bits per heavy atom. The van der Waals surface area contributed by atoms with Gasteiger partial charge in [-0.25, -0.2) is 4.39 Å². The van der Waals surface area contributed by atoms with Crippen LogP contribution in [0.1, 0.15) is 40.9 Å². The number of nitrogens with zero attached hydrogens (tertiary/aromatic N) is 1. The summed E-state index contributed by atoms with van der Waals surface area (Å²) in [7, 11) is 0. The second kappa shape index (κ2) is 7.57. The average molecular weight is 370 g/mol. The molecule has 1 aliphatic heterocycles. The number of aliphatic carboxylic acids is 1. The molecule has 0 saturated carbocycles. The van der Waals surface area contributed by atoms with E-state index < -0.39 is 23.7 Å². The number of hydrogen-bond donors (Lipinski definition) is 2. The molecule has 6 nitrogen and oxygen atoms in total. The zero-order chi connectivity index (χ0) is 19.6. The van der Waals surface area contributed by atoms with Gasteiger partial charge in [0.05, 0.1) is 12.5 Å². The van der Waals surface area contributed by atoms with Crippen LogP contribution in [-0.4, -0.2) is 29.4 Å². The first-order valence-corrected chi connectivity index (χ1v) is 8.54. The Labute approximate surface area is 155 Å². The van der Waals surface area contributed by atoms with Crippen LogP contribution < -0.4 is 10.2 Å². The van der Waals surface area contributed by atoms with Crippen molar-refractivity contribution in [2.75, 3.05) is 11.4 Å². The molecular formula is C20H19FN2O4. The van der Waals surface area contributed by atoms with Gasteiger partial charge in [0.2, 0.25) is 5.91 Å². The van der Waals surface area contributed by atoms with Gasteiger partial charge in [0, 0.05) is 24.7 Å². The molecule has 2 aromatic carbocycles. The Morgan fingerprint density at radius 1 is 1.19 bits per heavy atom. The van der Waals surface area contributed by atoms with Crippen LogP contribution in [-0.2, 0) is 16.0 Å². The van der Waals surface area contributed by atoms with Crippen LogP contribution in [0, 0.1) is 5.82 Å². The standard InChI is InChI=1S/C20H19FN2O4/c1-12(24)23-9-8-14-10-15(4-7-18(14)23)20(27)22-17(11-19(25)26)13-2-5-16(21)6-3-13/h2-7,10,17H,8-9,11H2,1H3,(H,22,27)(H,25,26). The Balaban J connectivity index is 1.81. The number of carboxylic acids is 1. The quantitative estimate of drug-likeness (QED) is 0.847. The molecule has 3 rings (SSSR count). The maximum Gasteiger partial charge on any atom is 0.305 e. The van der Waals surface area contributed by atoms with Gasteiger partial charge in [-0.05, 0) is 47.9 Å². The van der Waals surface area contributed by atoms with E-state index in [4.69, 9.17) is 5.11 Å². The average Bonchev–Trinajstić information content (AvgIpc) is 3.04. The van der Waals surface area contributed by atoms with Gasteiger partial charge in [-0.3, -0.25) is 14.4 Å². The van der Waals surface area contributed by atoms with E-state index >= 15 is 0 Å². The fraction of sp³-hybridized carbons (Fsp3) is 0.250. The van der Waals surface area contributed by atoms with Gasteiger partial charge in [0.25, 0.3) is 5.91 Å². The first-order valence-electron chi connectivity index (χ1n) is 8.54. The molecule has 2 amide bonds. The molecule has 7 heteroatoms. The molecular weight excluding hydrogens is 351 g/mol. The second-order valence-electron chi connectivity index (χ2n) is 6.44. The first kappa shape index (κ1) is 18.6. The van der Waals surface area contributed by atoms with Crippen LogP contribution in [0.15, 0.2) is 42.5 Å². The third-order valence-corrected chi connectivity index (χ3v) is 4.57. The molecule has 1 unspecified atom stereocenters. The predicted molar refractivity (Wildman–Crippen MR) is 97.0 cm³/mol. The Hall–Kier alpha value is -3.22. The number of carbonyl (C=O) groups excluding carboxylic acids is 2. The van der Waals surface area contributed by atoms with Crippen LogP contribution in [0.4, 0.5) is 10.1 Å². The van der Waals surface area contributed by atoms with Gasteiger partial charge in [-0.15, -0.1) is 0 Å². The van der Waals surface area contributed by atoms with Crippen molar-refractivity contribution in [1.29, 1.82) is 0 Å². The molecule has 27 heavy (non-hydrogen) atoms. The van der Waals surface area contributed by atoms with Crippen LogP contribution in [0.25, 0.3) is 0 Å². The summed E-state index contributed by atoms with van der Waals surface area (Å²) in [6.07, 6.45) is 0.340. The minimum absolute atomic E-state index is 0.0521. The van der Waals surface area contributed by atoms with Gasteiger partial charge in [-0.2, -0.15) is 0 Å². The van der Waals surface area contributed by atoms with Crippen LogP contribution in [0.2, 0.25) is 0 Å². The molecule has 1 aliphatic rings. The van der Waals surface area contributed by atoms with E-state index in [1.165, 1.54) is 31.2 Å². The highest BCUT2D eigenvalue weighted by atomic mass is 19.1. The molecule has 1 atom stereocenters. The zero-order valence-electron chi connectivity index (χ0n) is 14.7.